The second kappa shape index (κ2) is 8.56. The molecule has 27 heavy (non-hydrogen) atoms. The molecule has 0 fully saturated rings. The van der Waals surface area contributed by atoms with Crippen molar-refractivity contribution in [2.45, 2.75) is 19.3 Å². The van der Waals surface area contributed by atoms with Crippen LogP contribution in [0.25, 0.3) is 0 Å². The Bertz CT molecular complexity index is 915. The molecule has 6 heteroatoms. The molecule has 2 aromatic carbocycles. The van der Waals surface area contributed by atoms with Crippen LogP contribution in [-0.2, 0) is 9.59 Å². The number of thioether (sulfide) groups is 1. The quantitative estimate of drug-likeness (QED) is 0.832. The van der Waals surface area contributed by atoms with Gasteiger partial charge in [0, 0.05) is 18.0 Å². The van der Waals surface area contributed by atoms with E-state index >= 15 is 0 Å². The Kier molecular flexibility index (Phi) is 5.94. The summed E-state index contributed by atoms with van der Waals surface area (Å²) in [5.74, 6) is -0.516. The SMILES string of the molecule is Cc1ccc(NC(=O)CSC2=C(C#N)[C@@H](c3ccccc3)CC(=O)N2)cc1. The number of aryl methyl sites for hydroxylation is 1. The number of amides is 2. The summed E-state index contributed by atoms with van der Waals surface area (Å²) in [5, 5.41) is 15.7. The van der Waals surface area contributed by atoms with Crippen molar-refractivity contribution in [3.63, 3.8) is 0 Å². The fraction of sp³-hybridized carbons (Fsp3) is 0.190. The summed E-state index contributed by atoms with van der Waals surface area (Å²) >= 11 is 1.18. The summed E-state index contributed by atoms with van der Waals surface area (Å²) in [6.07, 6.45) is 0.229. The minimum absolute atomic E-state index is 0.107. The van der Waals surface area contributed by atoms with Crippen molar-refractivity contribution in [2.24, 2.45) is 0 Å². The number of rotatable bonds is 5. The van der Waals surface area contributed by atoms with E-state index in [1.54, 1.807) is 0 Å². The molecule has 5 nitrogen and oxygen atoms in total. The van der Waals surface area contributed by atoms with Crippen molar-refractivity contribution in [1.82, 2.24) is 5.32 Å². The lowest BCUT2D eigenvalue weighted by atomic mass is 9.87. The third kappa shape index (κ3) is 4.78. The van der Waals surface area contributed by atoms with E-state index in [1.165, 1.54) is 11.8 Å². The van der Waals surface area contributed by atoms with Crippen molar-refractivity contribution in [3.05, 3.63) is 76.3 Å². The fourth-order valence-corrected chi connectivity index (χ4v) is 3.75. The maximum Gasteiger partial charge on any atom is 0.234 e. The zero-order valence-electron chi connectivity index (χ0n) is 14.9. The summed E-state index contributed by atoms with van der Waals surface area (Å²) in [7, 11) is 0. The van der Waals surface area contributed by atoms with Crippen LogP contribution in [0.15, 0.2) is 65.2 Å². The average Bonchev–Trinajstić information content (AvgIpc) is 2.68. The van der Waals surface area contributed by atoms with Crippen LogP contribution in [0.2, 0.25) is 0 Å². The largest absolute Gasteiger partial charge is 0.325 e. The van der Waals surface area contributed by atoms with Gasteiger partial charge in [-0.1, -0.05) is 59.8 Å². The monoisotopic (exact) mass is 377 g/mol. The Morgan fingerprint density at radius 2 is 1.93 bits per heavy atom. The predicted molar refractivity (Wildman–Crippen MR) is 107 cm³/mol. The van der Waals surface area contributed by atoms with Crippen LogP contribution in [0.3, 0.4) is 0 Å². The van der Waals surface area contributed by atoms with E-state index in [-0.39, 0.29) is 29.9 Å². The number of nitrogens with zero attached hydrogens (tertiary/aromatic N) is 1. The van der Waals surface area contributed by atoms with Crippen molar-refractivity contribution in [1.29, 1.82) is 5.26 Å². The molecule has 0 aromatic heterocycles. The lowest BCUT2D eigenvalue weighted by molar-refractivity contribution is -0.121. The van der Waals surface area contributed by atoms with Gasteiger partial charge in [-0.2, -0.15) is 5.26 Å². The molecule has 2 N–H and O–H groups in total. The van der Waals surface area contributed by atoms with Crippen LogP contribution in [0.5, 0.6) is 0 Å². The van der Waals surface area contributed by atoms with Gasteiger partial charge in [0.15, 0.2) is 0 Å². The van der Waals surface area contributed by atoms with Crippen LogP contribution in [0.1, 0.15) is 23.5 Å². The van der Waals surface area contributed by atoms with Gasteiger partial charge in [-0.05, 0) is 24.6 Å². The summed E-state index contributed by atoms with van der Waals surface area (Å²) in [5.41, 5.74) is 3.25. The third-order valence-electron chi connectivity index (χ3n) is 4.24. The molecule has 136 valence electrons. The second-order valence-electron chi connectivity index (χ2n) is 6.27. The van der Waals surface area contributed by atoms with Crippen molar-refractivity contribution < 1.29 is 9.59 Å². The normalized spacial score (nSPS) is 16.4. The van der Waals surface area contributed by atoms with Gasteiger partial charge >= 0.3 is 0 Å². The summed E-state index contributed by atoms with van der Waals surface area (Å²) in [6.45, 7) is 1.98. The first-order chi connectivity index (χ1) is 13.1. The molecule has 0 unspecified atom stereocenters. The Morgan fingerprint density at radius 3 is 2.59 bits per heavy atom. The summed E-state index contributed by atoms with van der Waals surface area (Å²) < 4.78 is 0. The highest BCUT2D eigenvalue weighted by atomic mass is 32.2. The predicted octanol–water partition coefficient (Wildman–Crippen LogP) is 3.71. The van der Waals surface area contributed by atoms with Gasteiger partial charge in [-0.25, -0.2) is 0 Å². The van der Waals surface area contributed by atoms with Gasteiger partial charge in [0.25, 0.3) is 0 Å². The lowest BCUT2D eigenvalue weighted by Crippen LogP contribution is -2.31. The average molecular weight is 377 g/mol. The second-order valence-corrected chi connectivity index (χ2v) is 7.26. The number of allylic oxidation sites excluding steroid dienone is 1. The van der Waals surface area contributed by atoms with Crippen molar-refractivity contribution in [2.75, 3.05) is 11.1 Å². The van der Waals surface area contributed by atoms with Crippen LogP contribution in [-0.4, -0.2) is 17.6 Å². The summed E-state index contributed by atoms with van der Waals surface area (Å²) in [4.78, 5) is 24.3. The number of carbonyl (C=O) groups excluding carboxylic acids is 2. The first-order valence-electron chi connectivity index (χ1n) is 8.55. The summed E-state index contributed by atoms with van der Waals surface area (Å²) in [6, 6.07) is 19.2. The Balaban J connectivity index is 1.72. The Labute approximate surface area is 162 Å². The molecule has 0 aliphatic carbocycles. The molecule has 1 atom stereocenters. The van der Waals surface area contributed by atoms with E-state index in [4.69, 9.17) is 0 Å². The molecule has 2 amide bonds. The zero-order chi connectivity index (χ0) is 19.2. The molecule has 3 rings (SSSR count). The van der Waals surface area contributed by atoms with E-state index in [9.17, 15) is 14.9 Å². The smallest absolute Gasteiger partial charge is 0.234 e. The Morgan fingerprint density at radius 1 is 1.22 bits per heavy atom. The first-order valence-corrected chi connectivity index (χ1v) is 9.54. The third-order valence-corrected chi connectivity index (χ3v) is 5.26. The maximum absolute atomic E-state index is 12.2. The molecular weight excluding hydrogens is 358 g/mol. The van der Waals surface area contributed by atoms with Crippen molar-refractivity contribution >= 4 is 29.3 Å². The molecule has 2 aromatic rings. The topological polar surface area (TPSA) is 82.0 Å². The number of nitrogens with one attached hydrogen (secondary N) is 2. The molecule has 0 radical (unpaired) electrons. The molecule has 1 aliphatic heterocycles. The van der Waals surface area contributed by atoms with Crippen LogP contribution in [0, 0.1) is 18.3 Å². The van der Waals surface area contributed by atoms with Gasteiger partial charge in [0.2, 0.25) is 11.8 Å². The molecule has 0 saturated carbocycles. The zero-order valence-corrected chi connectivity index (χ0v) is 15.7. The van der Waals surface area contributed by atoms with Gasteiger partial charge in [-0.3, -0.25) is 9.59 Å². The first kappa shape index (κ1) is 18.7. The van der Waals surface area contributed by atoms with E-state index in [0.29, 0.717) is 10.6 Å². The fourth-order valence-electron chi connectivity index (χ4n) is 2.87. The lowest BCUT2D eigenvalue weighted by Gasteiger charge is -2.25. The molecule has 1 heterocycles. The van der Waals surface area contributed by atoms with E-state index in [2.05, 4.69) is 16.7 Å². The number of hydrogen-bond donors (Lipinski definition) is 2. The minimum Gasteiger partial charge on any atom is -0.325 e. The highest BCUT2D eigenvalue weighted by molar-refractivity contribution is 8.03. The van der Waals surface area contributed by atoms with Gasteiger partial charge in [0.1, 0.15) is 0 Å². The van der Waals surface area contributed by atoms with E-state index in [0.717, 1.165) is 16.8 Å². The molecule has 0 saturated heterocycles. The number of carbonyl (C=O) groups is 2. The van der Waals surface area contributed by atoms with Gasteiger partial charge in [0.05, 0.1) is 22.4 Å². The maximum atomic E-state index is 12.2. The number of anilines is 1. The van der Waals surface area contributed by atoms with E-state index in [1.807, 2.05) is 61.5 Å². The van der Waals surface area contributed by atoms with Gasteiger partial charge in [-0.15, -0.1) is 0 Å². The highest BCUT2D eigenvalue weighted by Crippen LogP contribution is 2.35. The molecule has 0 spiro atoms. The standard InChI is InChI=1S/C21H19N3O2S/c1-14-7-9-16(10-8-14)23-20(26)13-27-21-18(12-22)17(11-19(25)24-21)15-5-3-2-4-6-15/h2-10,17H,11,13H2,1H3,(H,23,26)(H,24,25)/t17-/m1/s1. The van der Waals surface area contributed by atoms with Crippen molar-refractivity contribution in [3.8, 4) is 6.07 Å². The molecular formula is C21H19N3O2S. The van der Waals surface area contributed by atoms with Crippen LogP contribution in [0.4, 0.5) is 5.69 Å². The van der Waals surface area contributed by atoms with Crippen LogP contribution >= 0.6 is 11.8 Å². The van der Waals surface area contributed by atoms with Gasteiger partial charge < -0.3 is 10.6 Å². The minimum atomic E-state index is -0.285. The Hall–Kier alpha value is -3.04. The number of nitriles is 1. The number of benzene rings is 2. The highest BCUT2D eigenvalue weighted by Gasteiger charge is 2.29. The molecule has 1 aliphatic rings. The molecule has 0 bridgehead atoms. The van der Waals surface area contributed by atoms with E-state index < -0.39 is 0 Å². The van der Waals surface area contributed by atoms with Crippen LogP contribution < -0.4 is 10.6 Å². The number of hydrogen-bond acceptors (Lipinski definition) is 4.